The van der Waals surface area contributed by atoms with E-state index in [2.05, 4.69) is 46.3 Å². The molecule has 0 unspecified atom stereocenters. The summed E-state index contributed by atoms with van der Waals surface area (Å²) in [6.45, 7) is 5.69. The van der Waals surface area contributed by atoms with Crippen LogP contribution in [0.4, 0.5) is 5.69 Å². The third kappa shape index (κ3) is 4.14. The summed E-state index contributed by atoms with van der Waals surface area (Å²) >= 11 is 0. The molecule has 3 fully saturated rings. The van der Waals surface area contributed by atoms with Crippen molar-refractivity contribution in [2.75, 3.05) is 31.1 Å². The monoisotopic (exact) mass is 371 g/mol. The summed E-state index contributed by atoms with van der Waals surface area (Å²) in [4.78, 5) is 16.8. The van der Waals surface area contributed by atoms with Crippen molar-refractivity contribution in [3.63, 3.8) is 0 Å². The number of carbonyl (C=O) groups excluding carboxylic acids is 1. The van der Waals surface area contributed by atoms with Crippen LogP contribution in [0.5, 0.6) is 0 Å². The van der Waals surface area contributed by atoms with Crippen LogP contribution in [0, 0.1) is 6.92 Å². The molecule has 0 aromatic heterocycles. The highest BCUT2D eigenvalue weighted by molar-refractivity contribution is 5.76. The molecule has 3 heterocycles. The molecule has 5 heteroatoms. The number of benzene rings is 1. The minimum atomic E-state index is -0.611. The molecular weight excluding hydrogens is 338 g/mol. The molecule has 2 N–H and O–H groups in total. The van der Waals surface area contributed by atoms with Gasteiger partial charge in [-0.3, -0.25) is 9.69 Å². The van der Waals surface area contributed by atoms with E-state index >= 15 is 0 Å². The third-order valence-electron chi connectivity index (χ3n) is 6.81. The lowest BCUT2D eigenvalue weighted by Gasteiger charge is -2.43. The maximum atomic E-state index is 12.0. The first-order valence-corrected chi connectivity index (χ1v) is 10.6. The van der Waals surface area contributed by atoms with E-state index in [0.717, 1.165) is 64.7 Å². The molecule has 0 aliphatic carbocycles. The van der Waals surface area contributed by atoms with Crippen molar-refractivity contribution < 1.29 is 9.90 Å². The van der Waals surface area contributed by atoms with Gasteiger partial charge in [-0.25, -0.2) is 0 Å². The topological polar surface area (TPSA) is 55.8 Å². The number of nitrogens with one attached hydrogen (secondary N) is 1. The zero-order chi connectivity index (χ0) is 18.9. The van der Waals surface area contributed by atoms with Gasteiger partial charge in [0.1, 0.15) is 0 Å². The van der Waals surface area contributed by atoms with Crippen molar-refractivity contribution in [1.29, 1.82) is 0 Å². The van der Waals surface area contributed by atoms with Crippen LogP contribution >= 0.6 is 0 Å². The van der Waals surface area contributed by atoms with Gasteiger partial charge in [-0.2, -0.15) is 0 Å². The molecule has 1 aromatic rings. The van der Waals surface area contributed by atoms with E-state index in [1.807, 2.05) is 0 Å². The molecule has 148 valence electrons. The number of hydrogen-bond acceptors (Lipinski definition) is 4. The number of fused-ring (bicyclic) bond motifs is 1. The summed E-state index contributed by atoms with van der Waals surface area (Å²) in [7, 11) is 0. The lowest BCUT2D eigenvalue weighted by atomic mass is 9.89. The number of hydrogen-bond donors (Lipinski definition) is 2. The number of rotatable bonds is 3. The number of β-amino-alcohol motifs (C(OH)–C–C–N with tert-alkyl or cyclic N) is 1. The molecule has 1 aromatic carbocycles. The van der Waals surface area contributed by atoms with E-state index in [1.54, 1.807) is 0 Å². The lowest BCUT2D eigenvalue weighted by Crippen LogP contribution is -2.54. The first-order chi connectivity index (χ1) is 13.0. The number of para-hydroxylation sites is 1. The fraction of sp³-hybridized carbons (Fsp3) is 0.682. The van der Waals surface area contributed by atoms with Crippen molar-refractivity contribution in [2.24, 2.45) is 0 Å². The molecule has 27 heavy (non-hydrogen) atoms. The van der Waals surface area contributed by atoms with Gasteiger partial charge in [0.25, 0.3) is 0 Å². The van der Waals surface area contributed by atoms with E-state index in [1.165, 1.54) is 11.3 Å². The fourth-order valence-corrected chi connectivity index (χ4v) is 5.20. The van der Waals surface area contributed by atoms with Crippen LogP contribution in [0.15, 0.2) is 24.3 Å². The van der Waals surface area contributed by atoms with Crippen molar-refractivity contribution in [2.45, 2.75) is 69.6 Å². The molecule has 3 aliphatic heterocycles. The zero-order valence-corrected chi connectivity index (χ0v) is 16.5. The first kappa shape index (κ1) is 18.8. The Morgan fingerprint density at radius 2 is 1.93 bits per heavy atom. The summed E-state index contributed by atoms with van der Waals surface area (Å²) in [6, 6.07) is 9.18. The Labute approximate surface area is 162 Å². The van der Waals surface area contributed by atoms with Gasteiger partial charge in [-0.05, 0) is 50.7 Å². The number of carbonyl (C=O) groups is 1. The maximum absolute atomic E-state index is 12.0. The minimum absolute atomic E-state index is 0.205. The second-order valence-electron chi connectivity index (χ2n) is 8.74. The minimum Gasteiger partial charge on any atom is -0.388 e. The van der Waals surface area contributed by atoms with Crippen molar-refractivity contribution >= 4 is 11.6 Å². The molecule has 0 bridgehead atoms. The fourth-order valence-electron chi connectivity index (χ4n) is 5.20. The summed E-state index contributed by atoms with van der Waals surface area (Å²) in [5.74, 6) is 0.205. The molecule has 1 amide bonds. The third-order valence-corrected chi connectivity index (χ3v) is 6.81. The molecule has 3 aliphatic rings. The Hall–Kier alpha value is -1.59. The highest BCUT2D eigenvalue weighted by Crippen LogP contribution is 2.32. The summed E-state index contributed by atoms with van der Waals surface area (Å²) in [5.41, 5.74) is 1.99. The van der Waals surface area contributed by atoms with Gasteiger partial charge in [-0.1, -0.05) is 24.6 Å². The van der Waals surface area contributed by atoms with Crippen molar-refractivity contribution in [1.82, 2.24) is 10.2 Å². The normalized spacial score (nSPS) is 29.0. The molecule has 0 radical (unpaired) electrons. The molecule has 4 rings (SSSR count). The molecule has 2 atom stereocenters. The average molecular weight is 372 g/mol. The number of piperidine rings is 1. The average Bonchev–Trinajstić information content (AvgIpc) is 2.98. The Morgan fingerprint density at radius 1 is 1.15 bits per heavy atom. The van der Waals surface area contributed by atoms with Gasteiger partial charge < -0.3 is 15.3 Å². The van der Waals surface area contributed by atoms with Crippen molar-refractivity contribution in [3.8, 4) is 0 Å². The molecule has 0 spiro atoms. The van der Waals surface area contributed by atoms with Crippen LogP contribution in [0.1, 0.15) is 50.5 Å². The number of anilines is 1. The first-order valence-electron chi connectivity index (χ1n) is 10.6. The van der Waals surface area contributed by atoms with Crippen LogP contribution in [-0.2, 0) is 4.79 Å². The smallest absolute Gasteiger partial charge is 0.220 e. The van der Waals surface area contributed by atoms with Crippen LogP contribution in [-0.4, -0.2) is 59.8 Å². The highest BCUT2D eigenvalue weighted by atomic mass is 16.3. The molecule has 5 nitrogen and oxygen atoms in total. The molecule has 3 saturated heterocycles. The molecular formula is C22H33N3O2. The standard InChI is InChI=1S/C22H33N3O2/c1-17-6-2-3-7-19(17)24-14-11-22(27,12-15-24)16-25-13-10-18-20(25)8-4-5-9-21(26)23-18/h2-3,6-7,18,20,27H,4-5,8-16H2,1H3,(H,23,26)/t18-,20+/m0/s1. The lowest BCUT2D eigenvalue weighted by molar-refractivity contribution is -0.122. The highest BCUT2D eigenvalue weighted by Gasteiger charge is 2.41. The van der Waals surface area contributed by atoms with Gasteiger partial charge in [0.2, 0.25) is 5.91 Å². The van der Waals surface area contributed by atoms with Crippen molar-refractivity contribution in [3.05, 3.63) is 29.8 Å². The number of likely N-dealkylation sites (tertiary alicyclic amines) is 1. The van der Waals surface area contributed by atoms with Crippen LogP contribution < -0.4 is 10.2 Å². The summed E-state index contributed by atoms with van der Waals surface area (Å²) < 4.78 is 0. The van der Waals surface area contributed by atoms with E-state index in [0.29, 0.717) is 12.5 Å². The van der Waals surface area contributed by atoms with Crippen LogP contribution in [0.3, 0.4) is 0 Å². The Bertz CT molecular complexity index is 669. The van der Waals surface area contributed by atoms with Crippen LogP contribution in [0.25, 0.3) is 0 Å². The quantitative estimate of drug-likeness (QED) is 0.857. The predicted molar refractivity (Wildman–Crippen MR) is 108 cm³/mol. The number of aliphatic hydroxyl groups is 1. The van der Waals surface area contributed by atoms with E-state index in [-0.39, 0.29) is 11.9 Å². The van der Waals surface area contributed by atoms with Gasteiger partial charge >= 0.3 is 0 Å². The number of nitrogens with zero attached hydrogens (tertiary/aromatic N) is 2. The second kappa shape index (κ2) is 7.80. The van der Waals surface area contributed by atoms with E-state index < -0.39 is 5.60 Å². The van der Waals surface area contributed by atoms with Gasteiger partial charge in [0, 0.05) is 50.4 Å². The summed E-state index contributed by atoms with van der Waals surface area (Å²) in [5, 5.41) is 14.5. The molecule has 0 saturated carbocycles. The summed E-state index contributed by atoms with van der Waals surface area (Å²) in [6.07, 6.45) is 6.53. The zero-order valence-electron chi connectivity index (χ0n) is 16.5. The van der Waals surface area contributed by atoms with Gasteiger partial charge in [-0.15, -0.1) is 0 Å². The Kier molecular flexibility index (Phi) is 5.42. The predicted octanol–water partition coefficient (Wildman–Crippen LogP) is 2.46. The van der Waals surface area contributed by atoms with Gasteiger partial charge in [0.05, 0.1) is 5.60 Å². The largest absolute Gasteiger partial charge is 0.388 e. The van der Waals surface area contributed by atoms with Gasteiger partial charge in [0.15, 0.2) is 0 Å². The SMILES string of the molecule is Cc1ccccc1N1CCC(O)(CN2CC[C@@H]3NC(=O)CCCC[C@H]32)CC1. The Morgan fingerprint density at radius 3 is 2.70 bits per heavy atom. The number of amides is 1. The van der Waals surface area contributed by atoms with Crippen LogP contribution in [0.2, 0.25) is 0 Å². The number of aryl methyl sites for hydroxylation is 1. The Balaban J connectivity index is 1.37. The van der Waals surface area contributed by atoms with E-state index in [9.17, 15) is 9.90 Å². The van der Waals surface area contributed by atoms with E-state index in [4.69, 9.17) is 0 Å². The maximum Gasteiger partial charge on any atom is 0.220 e. The second-order valence-corrected chi connectivity index (χ2v) is 8.74.